The van der Waals surface area contributed by atoms with Crippen molar-refractivity contribution in [3.63, 3.8) is 0 Å². The standard InChI is InChI=1S/C8H10O2/c1-3-7(2)4-5-8(10)6-9/h3-6,9-10H,1-2H2/b5-4-,8-6-. The van der Waals surface area contributed by atoms with Crippen molar-refractivity contribution in [1.29, 1.82) is 0 Å². The highest BCUT2D eigenvalue weighted by atomic mass is 16.3. The van der Waals surface area contributed by atoms with Gasteiger partial charge in [-0.2, -0.15) is 0 Å². The lowest BCUT2D eigenvalue weighted by molar-refractivity contribution is 0.377. The van der Waals surface area contributed by atoms with Gasteiger partial charge in [0.2, 0.25) is 0 Å². The smallest absolute Gasteiger partial charge is 0.149 e. The molecule has 0 aliphatic heterocycles. The summed E-state index contributed by atoms with van der Waals surface area (Å²) in [6.07, 6.45) is 5.01. The molecule has 2 N–H and O–H groups in total. The van der Waals surface area contributed by atoms with Crippen LogP contribution in [0.3, 0.4) is 0 Å². The molecular formula is C8H10O2. The minimum absolute atomic E-state index is 0.206. The SMILES string of the molecule is C=CC(=C)/C=C\C(O)=C\O. The fourth-order valence-electron chi connectivity index (χ4n) is 0.303. The molecule has 0 fully saturated rings. The molecule has 0 radical (unpaired) electrons. The van der Waals surface area contributed by atoms with E-state index in [0.717, 1.165) is 0 Å². The number of hydrogen-bond acceptors (Lipinski definition) is 2. The molecule has 0 saturated heterocycles. The van der Waals surface area contributed by atoms with E-state index in [4.69, 9.17) is 10.2 Å². The third-order valence-corrected chi connectivity index (χ3v) is 0.863. The fraction of sp³-hybridized carbons (Fsp3) is 0. The van der Waals surface area contributed by atoms with Crippen molar-refractivity contribution in [3.05, 3.63) is 49.0 Å². The maximum absolute atomic E-state index is 8.65. The van der Waals surface area contributed by atoms with E-state index in [1.54, 1.807) is 6.08 Å². The van der Waals surface area contributed by atoms with Crippen LogP contribution < -0.4 is 0 Å². The topological polar surface area (TPSA) is 40.5 Å². The summed E-state index contributed by atoms with van der Waals surface area (Å²) in [6.45, 7) is 7.00. The predicted molar refractivity (Wildman–Crippen MR) is 41.8 cm³/mol. The molecule has 0 spiro atoms. The molecule has 2 nitrogen and oxygen atoms in total. The normalized spacial score (nSPS) is 11.8. The second-order valence-electron chi connectivity index (χ2n) is 1.67. The zero-order valence-corrected chi connectivity index (χ0v) is 5.62. The molecule has 0 aromatic rings. The lowest BCUT2D eigenvalue weighted by Crippen LogP contribution is -1.72. The van der Waals surface area contributed by atoms with Gasteiger partial charge in [0, 0.05) is 0 Å². The number of aliphatic hydroxyl groups is 2. The second kappa shape index (κ2) is 4.44. The van der Waals surface area contributed by atoms with Crippen LogP contribution in [0, 0.1) is 0 Å². The van der Waals surface area contributed by atoms with Crippen LogP contribution in [-0.4, -0.2) is 10.2 Å². The third kappa shape index (κ3) is 3.55. The molecule has 0 unspecified atom stereocenters. The highest BCUT2D eigenvalue weighted by molar-refractivity contribution is 5.28. The van der Waals surface area contributed by atoms with Gasteiger partial charge in [-0.15, -0.1) is 0 Å². The molecule has 0 atom stereocenters. The molecule has 0 rings (SSSR count). The number of rotatable bonds is 3. The highest BCUT2D eigenvalue weighted by Crippen LogP contribution is 1.96. The first-order valence-corrected chi connectivity index (χ1v) is 2.73. The number of allylic oxidation sites excluding steroid dienone is 4. The monoisotopic (exact) mass is 138 g/mol. The molecule has 0 amide bonds. The summed E-state index contributed by atoms with van der Waals surface area (Å²) in [5, 5.41) is 16.9. The van der Waals surface area contributed by atoms with Gasteiger partial charge in [0.25, 0.3) is 0 Å². The van der Waals surface area contributed by atoms with Gasteiger partial charge in [-0.3, -0.25) is 0 Å². The molecule has 0 bridgehead atoms. The minimum Gasteiger partial charge on any atom is -0.512 e. The van der Waals surface area contributed by atoms with Crippen LogP contribution in [-0.2, 0) is 0 Å². The van der Waals surface area contributed by atoms with E-state index >= 15 is 0 Å². The van der Waals surface area contributed by atoms with E-state index in [2.05, 4.69) is 13.2 Å². The Labute approximate surface area is 60.1 Å². The minimum atomic E-state index is -0.206. The average molecular weight is 138 g/mol. The molecule has 0 heterocycles. The van der Waals surface area contributed by atoms with Gasteiger partial charge < -0.3 is 10.2 Å². The van der Waals surface area contributed by atoms with E-state index in [-0.39, 0.29) is 5.76 Å². The lowest BCUT2D eigenvalue weighted by atomic mass is 10.3. The largest absolute Gasteiger partial charge is 0.512 e. The summed E-state index contributed by atoms with van der Waals surface area (Å²) >= 11 is 0. The summed E-state index contributed by atoms with van der Waals surface area (Å²) in [7, 11) is 0. The van der Waals surface area contributed by atoms with Gasteiger partial charge in [-0.25, -0.2) is 0 Å². The number of aliphatic hydroxyl groups excluding tert-OH is 2. The van der Waals surface area contributed by atoms with Gasteiger partial charge in [-0.05, 0) is 11.6 Å². The van der Waals surface area contributed by atoms with Crippen molar-refractivity contribution in [2.45, 2.75) is 0 Å². The van der Waals surface area contributed by atoms with E-state index in [1.807, 2.05) is 0 Å². The van der Waals surface area contributed by atoms with Crippen molar-refractivity contribution in [3.8, 4) is 0 Å². The number of hydrogen-bond donors (Lipinski definition) is 2. The third-order valence-electron chi connectivity index (χ3n) is 0.863. The average Bonchev–Trinajstić information content (AvgIpc) is 1.99. The molecule has 0 aliphatic rings. The van der Waals surface area contributed by atoms with Crippen LogP contribution in [0.15, 0.2) is 49.0 Å². The Kier molecular flexibility index (Phi) is 3.80. The van der Waals surface area contributed by atoms with Crippen LogP contribution in [0.5, 0.6) is 0 Å². The fourth-order valence-corrected chi connectivity index (χ4v) is 0.303. The molecule has 0 aliphatic carbocycles. The molecular weight excluding hydrogens is 128 g/mol. The quantitative estimate of drug-likeness (QED) is 0.463. The Morgan fingerprint density at radius 1 is 1.30 bits per heavy atom. The molecule has 2 heteroatoms. The molecule has 54 valence electrons. The Bertz CT molecular complexity index is 183. The van der Waals surface area contributed by atoms with Crippen molar-refractivity contribution in [2.75, 3.05) is 0 Å². The predicted octanol–water partition coefficient (Wildman–Crippen LogP) is 2.24. The first kappa shape index (κ1) is 8.56. The Morgan fingerprint density at radius 2 is 1.90 bits per heavy atom. The molecule has 0 saturated carbocycles. The first-order chi connectivity index (χ1) is 4.70. The second-order valence-corrected chi connectivity index (χ2v) is 1.67. The van der Waals surface area contributed by atoms with Gasteiger partial charge >= 0.3 is 0 Å². The van der Waals surface area contributed by atoms with Crippen LogP contribution >= 0.6 is 0 Å². The van der Waals surface area contributed by atoms with E-state index in [9.17, 15) is 0 Å². The Hall–Kier alpha value is -1.44. The van der Waals surface area contributed by atoms with Crippen molar-refractivity contribution >= 4 is 0 Å². The zero-order chi connectivity index (χ0) is 7.98. The van der Waals surface area contributed by atoms with Gasteiger partial charge in [-0.1, -0.05) is 25.3 Å². The van der Waals surface area contributed by atoms with Gasteiger partial charge in [0.15, 0.2) is 0 Å². The van der Waals surface area contributed by atoms with Crippen LogP contribution in [0.4, 0.5) is 0 Å². The summed E-state index contributed by atoms with van der Waals surface area (Å²) in [4.78, 5) is 0. The van der Waals surface area contributed by atoms with E-state index in [0.29, 0.717) is 11.8 Å². The van der Waals surface area contributed by atoms with Gasteiger partial charge in [0.1, 0.15) is 12.0 Å². The van der Waals surface area contributed by atoms with Crippen molar-refractivity contribution in [1.82, 2.24) is 0 Å². The molecule has 0 aromatic carbocycles. The highest BCUT2D eigenvalue weighted by Gasteiger charge is 1.81. The Morgan fingerprint density at radius 3 is 2.30 bits per heavy atom. The first-order valence-electron chi connectivity index (χ1n) is 2.73. The molecule has 10 heavy (non-hydrogen) atoms. The lowest BCUT2D eigenvalue weighted by Gasteiger charge is -1.87. The van der Waals surface area contributed by atoms with Gasteiger partial charge in [0.05, 0.1) is 0 Å². The maximum atomic E-state index is 8.65. The Balaban J connectivity index is 4.00. The van der Waals surface area contributed by atoms with Crippen LogP contribution in [0.1, 0.15) is 0 Å². The van der Waals surface area contributed by atoms with E-state index < -0.39 is 0 Å². The summed E-state index contributed by atoms with van der Waals surface area (Å²) in [5.41, 5.74) is 0.674. The van der Waals surface area contributed by atoms with Crippen LogP contribution in [0.25, 0.3) is 0 Å². The summed E-state index contributed by atoms with van der Waals surface area (Å²) < 4.78 is 0. The van der Waals surface area contributed by atoms with Crippen LogP contribution in [0.2, 0.25) is 0 Å². The zero-order valence-electron chi connectivity index (χ0n) is 5.62. The van der Waals surface area contributed by atoms with Crippen molar-refractivity contribution in [2.24, 2.45) is 0 Å². The summed E-state index contributed by atoms with van der Waals surface area (Å²) in [6, 6.07) is 0. The van der Waals surface area contributed by atoms with E-state index in [1.165, 1.54) is 12.2 Å². The summed E-state index contributed by atoms with van der Waals surface area (Å²) in [5.74, 6) is -0.206. The maximum Gasteiger partial charge on any atom is 0.149 e. The molecule has 0 aromatic heterocycles. The van der Waals surface area contributed by atoms with Crippen molar-refractivity contribution < 1.29 is 10.2 Å².